The van der Waals surface area contributed by atoms with Gasteiger partial charge in [0.25, 0.3) is 0 Å². The van der Waals surface area contributed by atoms with E-state index in [0.717, 1.165) is 31.0 Å². The number of fused-ring (bicyclic) bond motifs is 1. The highest BCUT2D eigenvalue weighted by atomic mass is 35.5. The number of hydrogen-bond donors (Lipinski definition) is 1. The van der Waals surface area contributed by atoms with E-state index in [0.29, 0.717) is 10.3 Å². The third-order valence-corrected chi connectivity index (χ3v) is 3.56. The molecule has 0 bridgehead atoms. The molecule has 0 unspecified atom stereocenters. The molecule has 2 heterocycles. The maximum atomic E-state index is 6.16. The number of aromatic nitrogens is 2. The summed E-state index contributed by atoms with van der Waals surface area (Å²) in [5, 5.41) is 11.7. The molecule has 98 valence electrons. The number of anilines is 2. The summed E-state index contributed by atoms with van der Waals surface area (Å²) in [6.45, 7) is 2.51. The SMILES string of the molecule is Clc1cc(N2CCNCc3ccccc32)c(Cl)nn1. The fraction of sp³-hybridized carbons (Fsp3) is 0.231. The van der Waals surface area contributed by atoms with Crippen LogP contribution in [0.1, 0.15) is 5.56 Å². The van der Waals surface area contributed by atoms with Crippen LogP contribution in [0.25, 0.3) is 0 Å². The van der Waals surface area contributed by atoms with Gasteiger partial charge in [-0.3, -0.25) is 0 Å². The van der Waals surface area contributed by atoms with E-state index in [1.54, 1.807) is 6.07 Å². The van der Waals surface area contributed by atoms with Crippen molar-refractivity contribution in [3.63, 3.8) is 0 Å². The van der Waals surface area contributed by atoms with Crippen molar-refractivity contribution in [3.8, 4) is 0 Å². The number of para-hydroxylation sites is 1. The Balaban J connectivity index is 2.11. The lowest BCUT2D eigenvalue weighted by atomic mass is 10.1. The van der Waals surface area contributed by atoms with E-state index in [9.17, 15) is 0 Å². The van der Waals surface area contributed by atoms with Crippen LogP contribution in [-0.4, -0.2) is 23.3 Å². The number of rotatable bonds is 1. The molecule has 19 heavy (non-hydrogen) atoms. The van der Waals surface area contributed by atoms with Crippen LogP contribution in [-0.2, 0) is 6.54 Å². The van der Waals surface area contributed by atoms with Crippen LogP contribution < -0.4 is 10.2 Å². The lowest BCUT2D eigenvalue weighted by Gasteiger charge is -2.24. The van der Waals surface area contributed by atoms with Crippen LogP contribution in [0, 0.1) is 0 Å². The highest BCUT2D eigenvalue weighted by molar-refractivity contribution is 6.33. The van der Waals surface area contributed by atoms with E-state index in [4.69, 9.17) is 23.2 Å². The molecule has 0 saturated carbocycles. The van der Waals surface area contributed by atoms with Gasteiger partial charge in [0.1, 0.15) is 0 Å². The standard InChI is InChI=1S/C13H12Cl2N4/c14-12-7-11(13(15)18-17-12)19-6-5-16-8-9-3-1-2-4-10(9)19/h1-4,7,16H,5-6,8H2. The first kappa shape index (κ1) is 12.7. The molecule has 0 spiro atoms. The van der Waals surface area contributed by atoms with Gasteiger partial charge in [0.2, 0.25) is 0 Å². The first-order chi connectivity index (χ1) is 9.25. The van der Waals surface area contributed by atoms with Gasteiger partial charge in [-0.15, -0.1) is 10.2 Å². The highest BCUT2D eigenvalue weighted by Crippen LogP contribution is 2.34. The van der Waals surface area contributed by atoms with Crippen LogP contribution >= 0.6 is 23.2 Å². The van der Waals surface area contributed by atoms with Crippen molar-refractivity contribution in [1.82, 2.24) is 15.5 Å². The Morgan fingerprint density at radius 3 is 2.84 bits per heavy atom. The molecule has 0 saturated heterocycles. The Morgan fingerprint density at radius 2 is 1.95 bits per heavy atom. The second kappa shape index (κ2) is 5.33. The molecular formula is C13H12Cl2N4. The second-order valence-corrected chi connectivity index (χ2v) is 5.05. The van der Waals surface area contributed by atoms with Crippen LogP contribution in [0.15, 0.2) is 30.3 Å². The molecule has 3 rings (SSSR count). The number of nitrogens with one attached hydrogen (secondary N) is 1. The van der Waals surface area contributed by atoms with E-state index in [1.165, 1.54) is 5.56 Å². The van der Waals surface area contributed by atoms with E-state index in [2.05, 4.69) is 32.5 Å². The van der Waals surface area contributed by atoms with Crippen molar-refractivity contribution >= 4 is 34.6 Å². The van der Waals surface area contributed by atoms with Crippen LogP contribution in [0.4, 0.5) is 11.4 Å². The molecule has 0 amide bonds. The Kier molecular flexibility index (Phi) is 3.55. The van der Waals surface area contributed by atoms with E-state index in [-0.39, 0.29) is 0 Å². The first-order valence-corrected chi connectivity index (χ1v) is 6.76. The van der Waals surface area contributed by atoms with Crippen molar-refractivity contribution in [2.24, 2.45) is 0 Å². The van der Waals surface area contributed by atoms with Gasteiger partial charge in [-0.1, -0.05) is 41.4 Å². The molecule has 0 aliphatic carbocycles. The van der Waals surface area contributed by atoms with Crippen molar-refractivity contribution < 1.29 is 0 Å². The smallest absolute Gasteiger partial charge is 0.175 e. The van der Waals surface area contributed by atoms with Gasteiger partial charge in [0.15, 0.2) is 10.3 Å². The average molecular weight is 295 g/mol. The molecule has 1 aromatic carbocycles. The quantitative estimate of drug-likeness (QED) is 0.878. The largest absolute Gasteiger partial charge is 0.337 e. The Bertz CT molecular complexity index is 603. The molecular weight excluding hydrogens is 283 g/mol. The van der Waals surface area contributed by atoms with Gasteiger partial charge in [0, 0.05) is 31.4 Å². The molecule has 1 aromatic heterocycles. The predicted octanol–water partition coefficient (Wildman–Crippen LogP) is 3.02. The third-order valence-electron chi connectivity index (χ3n) is 3.10. The molecule has 6 heteroatoms. The van der Waals surface area contributed by atoms with Crippen molar-refractivity contribution in [2.75, 3.05) is 18.0 Å². The summed E-state index contributed by atoms with van der Waals surface area (Å²) >= 11 is 12.1. The monoisotopic (exact) mass is 294 g/mol. The molecule has 4 nitrogen and oxygen atoms in total. The van der Waals surface area contributed by atoms with Gasteiger partial charge in [-0.25, -0.2) is 0 Å². The molecule has 1 N–H and O–H groups in total. The summed E-state index contributed by atoms with van der Waals surface area (Å²) in [5.41, 5.74) is 3.14. The fourth-order valence-electron chi connectivity index (χ4n) is 2.24. The number of nitrogens with zero attached hydrogens (tertiary/aromatic N) is 3. The second-order valence-electron chi connectivity index (χ2n) is 4.30. The van der Waals surface area contributed by atoms with Crippen molar-refractivity contribution in [3.05, 3.63) is 46.2 Å². The average Bonchev–Trinajstić information content (AvgIpc) is 2.64. The number of halogens is 2. The van der Waals surface area contributed by atoms with E-state index >= 15 is 0 Å². The lowest BCUT2D eigenvalue weighted by Crippen LogP contribution is -2.25. The number of benzene rings is 1. The molecule has 1 aliphatic rings. The highest BCUT2D eigenvalue weighted by Gasteiger charge is 2.19. The van der Waals surface area contributed by atoms with Crippen LogP contribution in [0.3, 0.4) is 0 Å². The Labute approximate surface area is 121 Å². The van der Waals surface area contributed by atoms with Crippen molar-refractivity contribution in [1.29, 1.82) is 0 Å². The number of hydrogen-bond acceptors (Lipinski definition) is 4. The predicted molar refractivity (Wildman–Crippen MR) is 77.2 cm³/mol. The van der Waals surface area contributed by atoms with E-state index < -0.39 is 0 Å². The summed E-state index contributed by atoms with van der Waals surface area (Å²) in [4.78, 5) is 2.12. The van der Waals surface area contributed by atoms with Crippen LogP contribution in [0.5, 0.6) is 0 Å². The maximum absolute atomic E-state index is 6.16. The molecule has 2 aromatic rings. The van der Waals surface area contributed by atoms with Crippen molar-refractivity contribution in [2.45, 2.75) is 6.54 Å². The molecule has 0 atom stereocenters. The summed E-state index contributed by atoms with van der Waals surface area (Å²) in [5.74, 6) is 0. The zero-order valence-electron chi connectivity index (χ0n) is 10.1. The third kappa shape index (κ3) is 2.52. The Hall–Kier alpha value is -1.36. The van der Waals surface area contributed by atoms with Gasteiger partial charge < -0.3 is 10.2 Å². The minimum Gasteiger partial charge on any atom is -0.337 e. The minimum absolute atomic E-state index is 0.342. The zero-order valence-corrected chi connectivity index (χ0v) is 11.6. The van der Waals surface area contributed by atoms with Gasteiger partial charge in [-0.05, 0) is 11.6 Å². The molecule has 0 fully saturated rings. The normalized spacial score (nSPS) is 14.9. The summed E-state index contributed by atoms with van der Waals surface area (Å²) in [7, 11) is 0. The summed E-state index contributed by atoms with van der Waals surface area (Å²) < 4.78 is 0. The summed E-state index contributed by atoms with van der Waals surface area (Å²) in [6, 6.07) is 9.97. The molecule has 0 radical (unpaired) electrons. The van der Waals surface area contributed by atoms with Gasteiger partial charge >= 0.3 is 0 Å². The topological polar surface area (TPSA) is 41.0 Å². The van der Waals surface area contributed by atoms with Gasteiger partial charge in [0.05, 0.1) is 5.69 Å². The minimum atomic E-state index is 0.342. The van der Waals surface area contributed by atoms with Crippen LogP contribution in [0.2, 0.25) is 10.3 Å². The van der Waals surface area contributed by atoms with Gasteiger partial charge in [-0.2, -0.15) is 0 Å². The molecule has 1 aliphatic heterocycles. The Morgan fingerprint density at radius 1 is 1.11 bits per heavy atom. The lowest BCUT2D eigenvalue weighted by molar-refractivity contribution is 0.712. The maximum Gasteiger partial charge on any atom is 0.175 e. The van der Waals surface area contributed by atoms with E-state index in [1.807, 2.05) is 12.1 Å². The first-order valence-electron chi connectivity index (χ1n) is 6.00. The summed E-state index contributed by atoms with van der Waals surface area (Å²) in [6.07, 6.45) is 0. The fourth-order valence-corrected chi connectivity index (χ4v) is 2.58. The zero-order chi connectivity index (χ0) is 13.2.